The molecule has 0 amide bonds. The minimum Gasteiger partial charge on any atom is -0.371 e. The lowest BCUT2D eigenvalue weighted by Crippen LogP contribution is -2.30. The van der Waals surface area contributed by atoms with Crippen LogP contribution in [0.3, 0.4) is 0 Å². The maximum Gasteiger partial charge on any atom is 0.161 e. The standard InChI is InChI=1S/C13H16ClNO/c1-10(16)12-9-11(14)5-6-13(12)15-7-3-2-4-8-15/h5-6,9H,2-4,7-8H2,1H3. The Morgan fingerprint density at radius 3 is 2.56 bits per heavy atom. The molecule has 0 aliphatic carbocycles. The van der Waals surface area contributed by atoms with E-state index in [2.05, 4.69) is 4.90 Å². The number of carbonyl (C=O) groups is 1. The number of nitrogens with zero attached hydrogens (tertiary/aromatic N) is 1. The minimum atomic E-state index is 0.0862. The highest BCUT2D eigenvalue weighted by Gasteiger charge is 2.16. The number of hydrogen-bond acceptors (Lipinski definition) is 2. The largest absolute Gasteiger partial charge is 0.371 e. The van der Waals surface area contributed by atoms with Crippen LogP contribution in [0.2, 0.25) is 5.02 Å². The zero-order valence-electron chi connectivity index (χ0n) is 9.50. The number of ketones is 1. The molecule has 0 aromatic heterocycles. The summed E-state index contributed by atoms with van der Waals surface area (Å²) >= 11 is 5.93. The fourth-order valence-corrected chi connectivity index (χ4v) is 2.37. The zero-order valence-corrected chi connectivity index (χ0v) is 10.3. The van der Waals surface area contributed by atoms with Crippen molar-refractivity contribution in [3.8, 4) is 0 Å². The molecule has 1 heterocycles. The van der Waals surface area contributed by atoms with Crippen LogP contribution >= 0.6 is 11.6 Å². The molecule has 0 spiro atoms. The Morgan fingerprint density at radius 1 is 1.25 bits per heavy atom. The number of benzene rings is 1. The minimum absolute atomic E-state index is 0.0862. The van der Waals surface area contributed by atoms with Crippen molar-refractivity contribution in [3.05, 3.63) is 28.8 Å². The van der Waals surface area contributed by atoms with Gasteiger partial charge in [-0.25, -0.2) is 0 Å². The Bertz CT molecular complexity index is 397. The van der Waals surface area contributed by atoms with Crippen LogP contribution in [0.1, 0.15) is 36.5 Å². The molecule has 0 N–H and O–H groups in total. The molecule has 0 bridgehead atoms. The number of hydrogen-bond donors (Lipinski definition) is 0. The van der Waals surface area contributed by atoms with Crippen LogP contribution in [-0.4, -0.2) is 18.9 Å². The third-order valence-electron chi connectivity index (χ3n) is 3.03. The van der Waals surface area contributed by atoms with E-state index in [-0.39, 0.29) is 5.78 Å². The van der Waals surface area contributed by atoms with Gasteiger partial charge in [-0.05, 0) is 44.4 Å². The normalized spacial score (nSPS) is 16.2. The average molecular weight is 238 g/mol. The van der Waals surface area contributed by atoms with Gasteiger partial charge in [0.15, 0.2) is 5.78 Å². The maximum absolute atomic E-state index is 11.6. The van der Waals surface area contributed by atoms with Gasteiger partial charge in [-0.3, -0.25) is 4.79 Å². The molecular weight excluding hydrogens is 222 g/mol. The summed E-state index contributed by atoms with van der Waals surface area (Å²) in [7, 11) is 0. The summed E-state index contributed by atoms with van der Waals surface area (Å²) in [6.07, 6.45) is 3.71. The van der Waals surface area contributed by atoms with E-state index in [1.165, 1.54) is 19.3 Å². The Hall–Kier alpha value is -1.02. The number of Topliss-reactive ketones (excluding diaryl/α,β-unsaturated/α-hetero) is 1. The molecule has 2 nitrogen and oxygen atoms in total. The van der Waals surface area contributed by atoms with Crippen LogP contribution in [0.4, 0.5) is 5.69 Å². The van der Waals surface area contributed by atoms with Gasteiger partial charge in [0.25, 0.3) is 0 Å². The van der Waals surface area contributed by atoms with Crippen LogP contribution < -0.4 is 4.90 Å². The first-order chi connectivity index (χ1) is 7.68. The monoisotopic (exact) mass is 237 g/mol. The molecule has 0 saturated carbocycles. The summed E-state index contributed by atoms with van der Waals surface area (Å²) in [6.45, 7) is 3.68. The van der Waals surface area contributed by atoms with E-state index in [0.29, 0.717) is 5.02 Å². The van der Waals surface area contributed by atoms with E-state index in [1.54, 1.807) is 13.0 Å². The number of piperidine rings is 1. The molecule has 1 saturated heterocycles. The summed E-state index contributed by atoms with van der Waals surface area (Å²) < 4.78 is 0. The lowest BCUT2D eigenvalue weighted by molar-refractivity contribution is 0.101. The first-order valence-electron chi connectivity index (χ1n) is 5.74. The van der Waals surface area contributed by atoms with Gasteiger partial charge in [-0.1, -0.05) is 11.6 Å². The average Bonchev–Trinajstić information content (AvgIpc) is 2.30. The van der Waals surface area contributed by atoms with Crippen molar-refractivity contribution < 1.29 is 4.79 Å². The van der Waals surface area contributed by atoms with Crippen molar-refractivity contribution >= 4 is 23.1 Å². The number of halogens is 1. The SMILES string of the molecule is CC(=O)c1cc(Cl)ccc1N1CCCCC1. The van der Waals surface area contributed by atoms with Crippen molar-refractivity contribution in [2.24, 2.45) is 0 Å². The smallest absolute Gasteiger partial charge is 0.161 e. The fourth-order valence-electron chi connectivity index (χ4n) is 2.20. The highest BCUT2D eigenvalue weighted by Crippen LogP contribution is 2.27. The van der Waals surface area contributed by atoms with Gasteiger partial charge in [-0.2, -0.15) is 0 Å². The van der Waals surface area contributed by atoms with Crippen molar-refractivity contribution in [3.63, 3.8) is 0 Å². The molecule has 86 valence electrons. The number of anilines is 1. The summed E-state index contributed by atoms with van der Waals surface area (Å²) in [5.41, 5.74) is 1.78. The van der Waals surface area contributed by atoms with Crippen molar-refractivity contribution in [2.75, 3.05) is 18.0 Å². The zero-order chi connectivity index (χ0) is 11.5. The predicted molar refractivity (Wildman–Crippen MR) is 67.5 cm³/mol. The summed E-state index contributed by atoms with van der Waals surface area (Å²) in [5.74, 6) is 0.0862. The summed E-state index contributed by atoms with van der Waals surface area (Å²) in [6, 6.07) is 5.59. The molecule has 1 aliphatic rings. The Morgan fingerprint density at radius 2 is 1.94 bits per heavy atom. The maximum atomic E-state index is 11.6. The van der Waals surface area contributed by atoms with Gasteiger partial charge in [-0.15, -0.1) is 0 Å². The second-order valence-electron chi connectivity index (χ2n) is 4.27. The molecule has 1 aromatic rings. The van der Waals surface area contributed by atoms with Crippen LogP contribution in [0.15, 0.2) is 18.2 Å². The third-order valence-corrected chi connectivity index (χ3v) is 3.27. The van der Waals surface area contributed by atoms with Gasteiger partial charge in [0.2, 0.25) is 0 Å². The molecule has 1 aliphatic heterocycles. The van der Waals surface area contributed by atoms with Gasteiger partial charge in [0, 0.05) is 29.4 Å². The first kappa shape index (κ1) is 11.5. The topological polar surface area (TPSA) is 20.3 Å². The van der Waals surface area contributed by atoms with E-state index in [1.807, 2.05) is 12.1 Å². The summed E-state index contributed by atoms with van der Waals surface area (Å²) in [5, 5.41) is 0.631. The second kappa shape index (κ2) is 4.88. The molecule has 3 heteroatoms. The van der Waals surface area contributed by atoms with E-state index in [9.17, 15) is 4.79 Å². The van der Waals surface area contributed by atoms with E-state index < -0.39 is 0 Å². The molecule has 1 fully saturated rings. The molecule has 1 aromatic carbocycles. The van der Waals surface area contributed by atoms with Gasteiger partial charge >= 0.3 is 0 Å². The lowest BCUT2D eigenvalue weighted by Gasteiger charge is -2.30. The predicted octanol–water partition coefficient (Wildman–Crippen LogP) is 3.53. The van der Waals surface area contributed by atoms with Crippen LogP contribution in [0.5, 0.6) is 0 Å². The van der Waals surface area contributed by atoms with Crippen LogP contribution in [0, 0.1) is 0 Å². The van der Waals surface area contributed by atoms with Gasteiger partial charge in [0.1, 0.15) is 0 Å². The van der Waals surface area contributed by atoms with Crippen molar-refractivity contribution in [2.45, 2.75) is 26.2 Å². The van der Waals surface area contributed by atoms with E-state index in [0.717, 1.165) is 24.3 Å². The molecule has 2 rings (SSSR count). The Balaban J connectivity index is 2.34. The fraction of sp³-hybridized carbons (Fsp3) is 0.462. The van der Waals surface area contributed by atoms with Gasteiger partial charge in [0.05, 0.1) is 0 Å². The number of carbonyl (C=O) groups excluding carboxylic acids is 1. The van der Waals surface area contributed by atoms with Crippen LogP contribution in [-0.2, 0) is 0 Å². The van der Waals surface area contributed by atoms with Gasteiger partial charge < -0.3 is 4.90 Å². The van der Waals surface area contributed by atoms with E-state index >= 15 is 0 Å². The van der Waals surface area contributed by atoms with Crippen LogP contribution in [0.25, 0.3) is 0 Å². The van der Waals surface area contributed by atoms with Crippen molar-refractivity contribution in [1.29, 1.82) is 0 Å². The highest BCUT2D eigenvalue weighted by atomic mass is 35.5. The molecule has 16 heavy (non-hydrogen) atoms. The third kappa shape index (κ3) is 2.38. The lowest BCUT2D eigenvalue weighted by atomic mass is 10.1. The second-order valence-corrected chi connectivity index (χ2v) is 4.70. The Kier molecular flexibility index (Phi) is 3.49. The Labute approximate surface area is 101 Å². The molecule has 0 radical (unpaired) electrons. The molecule has 0 atom stereocenters. The summed E-state index contributed by atoms with van der Waals surface area (Å²) in [4.78, 5) is 13.9. The highest BCUT2D eigenvalue weighted by molar-refractivity contribution is 6.31. The first-order valence-corrected chi connectivity index (χ1v) is 6.12. The quantitative estimate of drug-likeness (QED) is 0.734. The number of rotatable bonds is 2. The molecule has 0 unspecified atom stereocenters. The van der Waals surface area contributed by atoms with Crippen molar-refractivity contribution in [1.82, 2.24) is 0 Å². The molecular formula is C13H16ClNO. The van der Waals surface area contributed by atoms with E-state index in [4.69, 9.17) is 11.6 Å².